The number of methoxy groups -OCH3 is 1. The van der Waals surface area contributed by atoms with Crippen molar-refractivity contribution in [3.05, 3.63) is 10.7 Å². The van der Waals surface area contributed by atoms with E-state index in [1.165, 1.54) is 0 Å². The summed E-state index contributed by atoms with van der Waals surface area (Å²) in [6.45, 7) is 4.09. The van der Waals surface area contributed by atoms with E-state index in [-0.39, 0.29) is 11.8 Å². The minimum Gasteiger partial charge on any atom is -0.480 e. The number of carbonyl (C=O) groups excluding carboxylic acids is 1. The molecule has 0 saturated carbocycles. The number of anilines is 1. The van der Waals surface area contributed by atoms with Gasteiger partial charge in [-0.15, -0.1) is 0 Å². The van der Waals surface area contributed by atoms with Gasteiger partial charge in [0.05, 0.1) is 36.9 Å². The Morgan fingerprint density at radius 2 is 2.18 bits per heavy atom. The molecular weight excluding hydrogens is 352 g/mol. The second-order valence-electron chi connectivity index (χ2n) is 5.40. The number of morpholine rings is 1. The largest absolute Gasteiger partial charge is 0.480 e. The molecule has 3 heterocycles. The van der Waals surface area contributed by atoms with Crippen LogP contribution in [0.2, 0.25) is 0 Å². The molecule has 0 aliphatic carbocycles. The summed E-state index contributed by atoms with van der Waals surface area (Å²) in [5.74, 6) is 1.34. The van der Waals surface area contributed by atoms with E-state index >= 15 is 0 Å². The maximum Gasteiger partial charge on any atom is 0.232 e. The molecule has 2 aliphatic rings. The van der Waals surface area contributed by atoms with Crippen molar-refractivity contribution in [1.29, 1.82) is 0 Å². The number of carbonyl (C=O) groups is 1. The number of hydrogen-bond acceptors (Lipinski definition) is 6. The van der Waals surface area contributed by atoms with Crippen molar-refractivity contribution in [2.45, 2.75) is 6.42 Å². The third-order valence-electron chi connectivity index (χ3n) is 4.04. The number of amides is 1. The normalized spacial score (nSPS) is 22.0. The lowest BCUT2D eigenvalue weighted by atomic mass is 10.1. The number of rotatable bonds is 3. The highest BCUT2D eigenvalue weighted by atomic mass is 79.9. The lowest BCUT2D eigenvalue weighted by Crippen LogP contribution is -2.44. The molecule has 0 radical (unpaired) electrons. The second kappa shape index (κ2) is 6.78. The fourth-order valence-corrected chi connectivity index (χ4v) is 3.18. The monoisotopic (exact) mass is 370 g/mol. The zero-order valence-corrected chi connectivity index (χ0v) is 14.1. The van der Waals surface area contributed by atoms with Crippen LogP contribution in [0.3, 0.4) is 0 Å². The molecule has 7 nitrogen and oxygen atoms in total. The SMILES string of the molecule is COc1nc(N2CCC(C(=O)N3CCOCC3)C2)ncc1Br. The molecule has 0 N–H and O–H groups in total. The smallest absolute Gasteiger partial charge is 0.232 e. The lowest BCUT2D eigenvalue weighted by Gasteiger charge is -2.29. The van der Waals surface area contributed by atoms with Gasteiger partial charge in [-0.2, -0.15) is 4.98 Å². The highest BCUT2D eigenvalue weighted by Gasteiger charge is 2.33. The van der Waals surface area contributed by atoms with Gasteiger partial charge in [0.1, 0.15) is 0 Å². The minimum absolute atomic E-state index is 0.0105. The predicted molar refractivity (Wildman–Crippen MR) is 84.0 cm³/mol. The third-order valence-corrected chi connectivity index (χ3v) is 4.58. The number of ether oxygens (including phenoxy) is 2. The van der Waals surface area contributed by atoms with Crippen LogP contribution in [0.5, 0.6) is 5.88 Å². The highest BCUT2D eigenvalue weighted by molar-refractivity contribution is 9.10. The molecule has 0 bridgehead atoms. The molecule has 3 rings (SSSR count). The number of halogens is 1. The van der Waals surface area contributed by atoms with Gasteiger partial charge in [0.2, 0.25) is 17.7 Å². The average Bonchev–Trinajstić information content (AvgIpc) is 3.05. The van der Waals surface area contributed by atoms with Crippen molar-refractivity contribution in [2.75, 3.05) is 51.4 Å². The Bertz CT molecular complexity index is 551. The summed E-state index contributed by atoms with van der Waals surface area (Å²) in [6.07, 6.45) is 2.51. The molecule has 22 heavy (non-hydrogen) atoms. The molecule has 1 aromatic rings. The maximum atomic E-state index is 12.5. The van der Waals surface area contributed by atoms with Gasteiger partial charge < -0.3 is 19.3 Å². The summed E-state index contributed by atoms with van der Waals surface area (Å²) in [6, 6.07) is 0. The molecule has 1 amide bonds. The second-order valence-corrected chi connectivity index (χ2v) is 6.25. The van der Waals surface area contributed by atoms with Crippen LogP contribution in [0.1, 0.15) is 6.42 Å². The van der Waals surface area contributed by atoms with E-state index in [0.29, 0.717) is 44.7 Å². The first-order valence-corrected chi connectivity index (χ1v) is 8.16. The van der Waals surface area contributed by atoms with E-state index in [9.17, 15) is 4.79 Å². The fraction of sp³-hybridized carbons (Fsp3) is 0.643. The Morgan fingerprint density at radius 1 is 1.41 bits per heavy atom. The van der Waals surface area contributed by atoms with E-state index in [2.05, 4.69) is 25.9 Å². The summed E-state index contributed by atoms with van der Waals surface area (Å²) in [5.41, 5.74) is 0. The summed E-state index contributed by atoms with van der Waals surface area (Å²) >= 11 is 3.35. The molecular formula is C14H19BrN4O3. The van der Waals surface area contributed by atoms with E-state index in [1.807, 2.05) is 9.80 Å². The van der Waals surface area contributed by atoms with Gasteiger partial charge in [0, 0.05) is 26.2 Å². The molecule has 120 valence electrons. The Morgan fingerprint density at radius 3 is 2.91 bits per heavy atom. The summed E-state index contributed by atoms with van der Waals surface area (Å²) in [4.78, 5) is 25.2. The summed E-state index contributed by atoms with van der Waals surface area (Å²) in [7, 11) is 1.58. The molecule has 8 heteroatoms. The molecule has 2 saturated heterocycles. The van der Waals surface area contributed by atoms with Crippen molar-refractivity contribution in [3.63, 3.8) is 0 Å². The van der Waals surface area contributed by atoms with Crippen LogP contribution < -0.4 is 9.64 Å². The summed E-state index contributed by atoms with van der Waals surface area (Å²) in [5, 5.41) is 0. The molecule has 1 atom stereocenters. The first-order valence-electron chi connectivity index (χ1n) is 7.37. The molecule has 1 aromatic heterocycles. The van der Waals surface area contributed by atoms with Crippen LogP contribution in [0.4, 0.5) is 5.95 Å². The van der Waals surface area contributed by atoms with Crippen molar-refractivity contribution in [1.82, 2.24) is 14.9 Å². The zero-order valence-electron chi connectivity index (χ0n) is 12.5. The highest BCUT2D eigenvalue weighted by Crippen LogP contribution is 2.27. The Labute approximate surface area is 137 Å². The quantitative estimate of drug-likeness (QED) is 0.788. The fourth-order valence-electron chi connectivity index (χ4n) is 2.82. The van der Waals surface area contributed by atoms with Crippen molar-refractivity contribution < 1.29 is 14.3 Å². The van der Waals surface area contributed by atoms with Gasteiger partial charge in [0.25, 0.3) is 0 Å². The standard InChI is InChI=1S/C14H19BrN4O3/c1-21-12-11(15)8-16-14(17-12)19-3-2-10(9-19)13(20)18-4-6-22-7-5-18/h8,10H,2-7,9H2,1H3. The van der Waals surface area contributed by atoms with Crippen LogP contribution in [0, 0.1) is 5.92 Å². The summed E-state index contributed by atoms with van der Waals surface area (Å²) < 4.78 is 11.2. The number of aromatic nitrogens is 2. The van der Waals surface area contributed by atoms with Crippen LogP contribution in [0.15, 0.2) is 10.7 Å². The number of hydrogen-bond donors (Lipinski definition) is 0. The minimum atomic E-state index is 0.0105. The molecule has 0 spiro atoms. The lowest BCUT2D eigenvalue weighted by molar-refractivity contribution is -0.138. The van der Waals surface area contributed by atoms with Gasteiger partial charge >= 0.3 is 0 Å². The van der Waals surface area contributed by atoms with Crippen LogP contribution in [0.25, 0.3) is 0 Å². The first-order chi connectivity index (χ1) is 10.7. The predicted octanol–water partition coefficient (Wildman–Crippen LogP) is 0.933. The van der Waals surface area contributed by atoms with Gasteiger partial charge in [-0.05, 0) is 22.4 Å². The van der Waals surface area contributed by atoms with Gasteiger partial charge in [0.15, 0.2) is 0 Å². The van der Waals surface area contributed by atoms with Crippen molar-refractivity contribution in [3.8, 4) is 5.88 Å². The van der Waals surface area contributed by atoms with E-state index < -0.39 is 0 Å². The van der Waals surface area contributed by atoms with Crippen LogP contribution in [-0.4, -0.2) is 67.3 Å². The molecule has 2 fully saturated rings. The van der Waals surface area contributed by atoms with E-state index in [0.717, 1.165) is 17.4 Å². The van der Waals surface area contributed by atoms with Crippen molar-refractivity contribution >= 4 is 27.8 Å². The van der Waals surface area contributed by atoms with Gasteiger partial charge in [-0.3, -0.25) is 4.79 Å². The molecule has 1 unspecified atom stereocenters. The Hall–Kier alpha value is -1.41. The Kier molecular flexibility index (Phi) is 4.77. The molecule has 2 aliphatic heterocycles. The van der Waals surface area contributed by atoms with E-state index in [1.54, 1.807) is 13.3 Å². The van der Waals surface area contributed by atoms with Crippen molar-refractivity contribution in [2.24, 2.45) is 5.92 Å². The topological polar surface area (TPSA) is 67.8 Å². The van der Waals surface area contributed by atoms with Crippen LogP contribution >= 0.6 is 15.9 Å². The van der Waals surface area contributed by atoms with E-state index in [4.69, 9.17) is 9.47 Å². The number of nitrogens with zero attached hydrogens (tertiary/aromatic N) is 4. The average molecular weight is 371 g/mol. The van der Waals surface area contributed by atoms with Gasteiger partial charge in [-0.1, -0.05) is 0 Å². The third kappa shape index (κ3) is 3.17. The zero-order chi connectivity index (χ0) is 15.5. The maximum absolute atomic E-state index is 12.5. The Balaban J connectivity index is 1.65. The molecule has 0 aromatic carbocycles. The first kappa shape index (κ1) is 15.5. The van der Waals surface area contributed by atoms with Crippen LogP contribution in [-0.2, 0) is 9.53 Å². The van der Waals surface area contributed by atoms with Gasteiger partial charge in [-0.25, -0.2) is 4.98 Å².